The molecule has 0 bridgehead atoms. The summed E-state index contributed by atoms with van der Waals surface area (Å²) in [5, 5.41) is 0.908. The molecule has 96 valence electrons. The van der Waals surface area contributed by atoms with Crippen molar-refractivity contribution in [3.05, 3.63) is 50.8 Å². The molecule has 1 aliphatic carbocycles. The Morgan fingerprint density at radius 2 is 2.16 bits per heavy atom. The molecule has 0 atom stereocenters. The van der Waals surface area contributed by atoms with Crippen LogP contribution in [0.1, 0.15) is 28.4 Å². The highest BCUT2D eigenvalue weighted by Gasteiger charge is 2.19. The van der Waals surface area contributed by atoms with Gasteiger partial charge < -0.3 is 9.72 Å². The summed E-state index contributed by atoms with van der Waals surface area (Å²) in [5.74, 6) is -0.441. The molecule has 0 aliphatic heterocycles. The maximum Gasteiger partial charge on any atom is 0.339 e. The topological polar surface area (TPSA) is 59.2 Å². The highest BCUT2D eigenvalue weighted by molar-refractivity contribution is 6.04. The van der Waals surface area contributed by atoms with Crippen LogP contribution in [0.25, 0.3) is 17.0 Å². The molecule has 1 aromatic carbocycles. The van der Waals surface area contributed by atoms with Crippen LogP contribution in [0.15, 0.2) is 28.6 Å². The van der Waals surface area contributed by atoms with Gasteiger partial charge in [0.05, 0.1) is 18.2 Å². The largest absolute Gasteiger partial charge is 0.465 e. The molecule has 4 heteroatoms. The average molecular weight is 255 g/mol. The number of aromatic nitrogens is 1. The number of aromatic amines is 1. The Balaban J connectivity index is 2.39. The fourth-order valence-corrected chi connectivity index (χ4v) is 2.60. The molecule has 1 N–H and O–H groups in total. The van der Waals surface area contributed by atoms with Gasteiger partial charge in [-0.05, 0) is 31.1 Å². The summed E-state index contributed by atoms with van der Waals surface area (Å²) in [6.07, 6.45) is 2.65. The van der Waals surface area contributed by atoms with Crippen molar-refractivity contribution < 1.29 is 9.53 Å². The molecule has 19 heavy (non-hydrogen) atoms. The number of carbonyl (C=O) groups is 1. The van der Waals surface area contributed by atoms with Gasteiger partial charge in [0.15, 0.2) is 0 Å². The third kappa shape index (κ3) is 1.68. The molecule has 1 aliphatic rings. The number of pyridine rings is 1. The highest BCUT2D eigenvalue weighted by Crippen LogP contribution is 2.29. The lowest BCUT2D eigenvalue weighted by Gasteiger charge is -2.08. The van der Waals surface area contributed by atoms with Crippen LogP contribution >= 0.6 is 0 Å². The van der Waals surface area contributed by atoms with Gasteiger partial charge in [-0.25, -0.2) is 4.79 Å². The second kappa shape index (κ2) is 4.09. The molecule has 0 spiro atoms. The van der Waals surface area contributed by atoms with Gasteiger partial charge in [-0.3, -0.25) is 4.79 Å². The third-order valence-corrected chi connectivity index (χ3v) is 3.45. The summed E-state index contributed by atoms with van der Waals surface area (Å²) in [4.78, 5) is 26.6. The van der Waals surface area contributed by atoms with Crippen LogP contribution in [0, 0.1) is 0 Å². The standard InChI is InChI=1S/C15H13NO3/c1-8-6-11-9-4-3-5-10(15(18)19-2)13(9)16-14(17)12(11)7-8/h3-5,7H,6H2,1-2H3,(H,16,17). The summed E-state index contributed by atoms with van der Waals surface area (Å²) < 4.78 is 4.75. The molecule has 1 aromatic heterocycles. The van der Waals surface area contributed by atoms with E-state index >= 15 is 0 Å². The number of fused-ring (bicyclic) bond motifs is 3. The Morgan fingerprint density at radius 1 is 1.37 bits per heavy atom. The molecule has 0 saturated carbocycles. The van der Waals surface area contributed by atoms with Gasteiger partial charge in [0.1, 0.15) is 0 Å². The lowest BCUT2D eigenvalue weighted by atomic mass is 10.0. The van der Waals surface area contributed by atoms with Crippen LogP contribution in [0.3, 0.4) is 0 Å². The minimum Gasteiger partial charge on any atom is -0.465 e. The SMILES string of the molecule is COC(=O)c1cccc2c3c(c(=O)[nH]c12)C=C(C)C3. The number of nitrogens with one attached hydrogen (secondary N) is 1. The quantitative estimate of drug-likeness (QED) is 0.795. The van der Waals surface area contributed by atoms with E-state index in [1.165, 1.54) is 7.11 Å². The van der Waals surface area contributed by atoms with Crippen molar-refractivity contribution in [2.75, 3.05) is 7.11 Å². The minimum atomic E-state index is -0.441. The van der Waals surface area contributed by atoms with Crippen LogP contribution in [-0.2, 0) is 11.2 Å². The van der Waals surface area contributed by atoms with Crippen molar-refractivity contribution in [1.82, 2.24) is 4.98 Å². The van der Waals surface area contributed by atoms with E-state index in [2.05, 4.69) is 4.98 Å². The summed E-state index contributed by atoms with van der Waals surface area (Å²) in [6.45, 7) is 2.00. The first-order valence-corrected chi connectivity index (χ1v) is 6.05. The van der Waals surface area contributed by atoms with Gasteiger partial charge in [-0.15, -0.1) is 0 Å². The zero-order valence-corrected chi connectivity index (χ0v) is 10.7. The molecule has 0 radical (unpaired) electrons. The molecule has 1 heterocycles. The Bertz CT molecular complexity index is 784. The Morgan fingerprint density at radius 3 is 2.89 bits per heavy atom. The zero-order chi connectivity index (χ0) is 13.6. The number of hydrogen-bond acceptors (Lipinski definition) is 3. The van der Waals surface area contributed by atoms with Crippen LogP contribution in [0.4, 0.5) is 0 Å². The number of para-hydroxylation sites is 1. The van der Waals surface area contributed by atoms with Gasteiger partial charge in [0.25, 0.3) is 5.56 Å². The third-order valence-electron chi connectivity index (χ3n) is 3.45. The second-order valence-electron chi connectivity index (χ2n) is 4.73. The van der Waals surface area contributed by atoms with Crippen LogP contribution in [0.5, 0.6) is 0 Å². The number of benzene rings is 1. The lowest BCUT2D eigenvalue weighted by Crippen LogP contribution is -2.13. The minimum absolute atomic E-state index is 0.157. The van der Waals surface area contributed by atoms with Crippen LogP contribution in [-0.4, -0.2) is 18.1 Å². The van der Waals surface area contributed by atoms with E-state index in [0.717, 1.165) is 22.9 Å². The number of methoxy groups -OCH3 is 1. The van der Waals surface area contributed by atoms with E-state index in [-0.39, 0.29) is 5.56 Å². The van der Waals surface area contributed by atoms with Crippen molar-refractivity contribution in [3.63, 3.8) is 0 Å². The van der Waals surface area contributed by atoms with Crippen molar-refractivity contribution in [1.29, 1.82) is 0 Å². The molecule has 0 unspecified atom stereocenters. The number of carbonyl (C=O) groups excluding carboxylic acids is 1. The summed E-state index contributed by atoms with van der Waals surface area (Å²) in [6, 6.07) is 5.38. The molecule has 2 aromatic rings. The highest BCUT2D eigenvalue weighted by atomic mass is 16.5. The first kappa shape index (κ1) is 11.7. The summed E-state index contributed by atoms with van der Waals surface area (Å²) in [7, 11) is 1.33. The van der Waals surface area contributed by atoms with Gasteiger partial charge in [0.2, 0.25) is 0 Å². The first-order valence-electron chi connectivity index (χ1n) is 6.05. The fraction of sp³-hybridized carbons (Fsp3) is 0.200. The molecule has 0 amide bonds. The first-order chi connectivity index (χ1) is 9.11. The van der Waals surface area contributed by atoms with E-state index in [0.29, 0.717) is 16.6 Å². The smallest absolute Gasteiger partial charge is 0.339 e. The summed E-state index contributed by atoms with van der Waals surface area (Å²) in [5.41, 5.74) is 3.63. The van der Waals surface area contributed by atoms with Gasteiger partial charge in [-0.1, -0.05) is 17.7 Å². The fourth-order valence-electron chi connectivity index (χ4n) is 2.60. The zero-order valence-electron chi connectivity index (χ0n) is 10.7. The average Bonchev–Trinajstić information content (AvgIpc) is 2.80. The van der Waals surface area contributed by atoms with Gasteiger partial charge in [0, 0.05) is 10.9 Å². The van der Waals surface area contributed by atoms with E-state index in [9.17, 15) is 9.59 Å². The van der Waals surface area contributed by atoms with Crippen LogP contribution < -0.4 is 5.56 Å². The molecule has 4 nitrogen and oxygen atoms in total. The Kier molecular flexibility index (Phi) is 2.52. The van der Waals surface area contributed by atoms with E-state index in [1.807, 2.05) is 19.1 Å². The lowest BCUT2D eigenvalue weighted by molar-refractivity contribution is 0.0603. The number of hydrogen-bond donors (Lipinski definition) is 1. The van der Waals surface area contributed by atoms with Crippen molar-refractivity contribution in [2.45, 2.75) is 13.3 Å². The molecular formula is C15H13NO3. The van der Waals surface area contributed by atoms with E-state index in [4.69, 9.17) is 4.74 Å². The van der Waals surface area contributed by atoms with Crippen molar-refractivity contribution in [3.8, 4) is 0 Å². The number of H-pyrrole nitrogens is 1. The predicted molar refractivity (Wildman–Crippen MR) is 73.3 cm³/mol. The Hall–Kier alpha value is -2.36. The maximum atomic E-state index is 12.1. The molecule has 0 saturated heterocycles. The monoisotopic (exact) mass is 255 g/mol. The van der Waals surface area contributed by atoms with Crippen LogP contribution in [0.2, 0.25) is 0 Å². The number of esters is 1. The number of ether oxygens (including phenoxy) is 1. The second-order valence-corrected chi connectivity index (χ2v) is 4.73. The van der Waals surface area contributed by atoms with Gasteiger partial charge >= 0.3 is 5.97 Å². The predicted octanol–water partition coefficient (Wildman–Crippen LogP) is 2.27. The normalized spacial score (nSPS) is 13.3. The van der Waals surface area contributed by atoms with Crippen molar-refractivity contribution >= 4 is 22.9 Å². The van der Waals surface area contributed by atoms with E-state index < -0.39 is 5.97 Å². The Labute approximate surface area is 109 Å². The van der Waals surface area contributed by atoms with Crippen molar-refractivity contribution in [2.24, 2.45) is 0 Å². The number of allylic oxidation sites excluding steroid dienone is 1. The summed E-state index contributed by atoms with van der Waals surface area (Å²) >= 11 is 0. The van der Waals surface area contributed by atoms with E-state index in [1.54, 1.807) is 12.1 Å². The maximum absolute atomic E-state index is 12.1. The molecule has 3 rings (SSSR count). The molecular weight excluding hydrogens is 242 g/mol. The number of rotatable bonds is 1. The molecule has 0 fully saturated rings. The van der Waals surface area contributed by atoms with Gasteiger partial charge in [-0.2, -0.15) is 0 Å².